The summed E-state index contributed by atoms with van der Waals surface area (Å²) >= 11 is 0. The van der Waals surface area contributed by atoms with Crippen LogP contribution in [-0.4, -0.2) is 10.9 Å². The van der Waals surface area contributed by atoms with E-state index in [0.29, 0.717) is 11.3 Å². The second-order valence-electron chi connectivity index (χ2n) is 5.34. The largest absolute Gasteiger partial charge is 0.322 e. The van der Waals surface area contributed by atoms with Crippen molar-refractivity contribution in [1.29, 1.82) is 0 Å². The topological polar surface area (TPSA) is 68.0 Å². The van der Waals surface area contributed by atoms with Crippen LogP contribution in [0.5, 0.6) is 0 Å². The lowest BCUT2D eigenvalue weighted by molar-refractivity contribution is 0.102. The highest BCUT2D eigenvalue weighted by Crippen LogP contribution is 2.20. The molecule has 0 radical (unpaired) electrons. The molecule has 3 rings (SSSR count). The van der Waals surface area contributed by atoms with Crippen LogP contribution in [0.2, 0.25) is 0 Å². The standard InChI is InChI=1S/C19H16FN3O/c20-16-7-5-14(6-8-16)18(21)13-1-3-15(4-2-13)19(24)23-17-9-11-22-12-10-17/h1-12,18H,21H2,(H,22,23,24). The Balaban J connectivity index is 1.73. The van der Waals surface area contributed by atoms with Crippen molar-refractivity contribution < 1.29 is 9.18 Å². The van der Waals surface area contributed by atoms with Crippen LogP contribution in [0, 0.1) is 5.82 Å². The molecule has 0 aliphatic heterocycles. The van der Waals surface area contributed by atoms with Gasteiger partial charge in [0.1, 0.15) is 5.82 Å². The molecule has 3 N–H and O–H groups in total. The number of nitrogens with two attached hydrogens (primary N) is 1. The molecule has 5 heteroatoms. The number of benzene rings is 2. The summed E-state index contributed by atoms with van der Waals surface area (Å²) in [5, 5.41) is 2.79. The van der Waals surface area contributed by atoms with Gasteiger partial charge in [-0.25, -0.2) is 4.39 Å². The fraction of sp³-hybridized carbons (Fsp3) is 0.0526. The Hall–Kier alpha value is -3.05. The maximum Gasteiger partial charge on any atom is 0.255 e. The molecule has 24 heavy (non-hydrogen) atoms. The maximum atomic E-state index is 13.0. The number of amides is 1. The fourth-order valence-electron chi connectivity index (χ4n) is 2.34. The Kier molecular flexibility index (Phi) is 4.63. The zero-order chi connectivity index (χ0) is 16.9. The highest BCUT2D eigenvalue weighted by molar-refractivity contribution is 6.04. The second kappa shape index (κ2) is 7.02. The number of hydrogen-bond donors (Lipinski definition) is 2. The summed E-state index contributed by atoms with van der Waals surface area (Å²) in [5.41, 5.74) is 9.06. The predicted octanol–water partition coefficient (Wildman–Crippen LogP) is 3.52. The summed E-state index contributed by atoms with van der Waals surface area (Å²) in [6, 6.07) is 16.2. The van der Waals surface area contributed by atoms with E-state index in [1.807, 2.05) is 0 Å². The first-order valence-corrected chi connectivity index (χ1v) is 7.46. The van der Waals surface area contributed by atoms with Crippen LogP contribution in [-0.2, 0) is 0 Å². The molecule has 2 aromatic carbocycles. The molecule has 0 saturated carbocycles. The second-order valence-corrected chi connectivity index (χ2v) is 5.34. The Labute approximate surface area is 139 Å². The van der Waals surface area contributed by atoms with Gasteiger partial charge in [0.2, 0.25) is 0 Å². The monoisotopic (exact) mass is 321 g/mol. The third-order valence-corrected chi connectivity index (χ3v) is 3.70. The van der Waals surface area contributed by atoms with Crippen molar-refractivity contribution in [2.45, 2.75) is 6.04 Å². The van der Waals surface area contributed by atoms with E-state index < -0.39 is 0 Å². The number of halogens is 1. The first-order chi connectivity index (χ1) is 11.6. The summed E-state index contributed by atoms with van der Waals surface area (Å²) in [6.07, 6.45) is 3.22. The zero-order valence-corrected chi connectivity index (χ0v) is 12.8. The van der Waals surface area contributed by atoms with Crippen molar-refractivity contribution in [2.75, 3.05) is 5.32 Å². The van der Waals surface area contributed by atoms with Gasteiger partial charge in [-0.3, -0.25) is 9.78 Å². The molecular formula is C19H16FN3O. The molecule has 0 aliphatic rings. The lowest BCUT2D eigenvalue weighted by Crippen LogP contribution is -2.14. The van der Waals surface area contributed by atoms with Crippen LogP contribution in [0.4, 0.5) is 10.1 Å². The van der Waals surface area contributed by atoms with Gasteiger partial charge in [0.05, 0.1) is 6.04 Å². The van der Waals surface area contributed by atoms with Gasteiger partial charge in [0, 0.05) is 23.6 Å². The van der Waals surface area contributed by atoms with Crippen LogP contribution in [0.25, 0.3) is 0 Å². The molecule has 0 aliphatic carbocycles. The minimum atomic E-state index is -0.372. The predicted molar refractivity (Wildman–Crippen MR) is 91.1 cm³/mol. The highest BCUT2D eigenvalue weighted by Gasteiger charge is 2.11. The average molecular weight is 321 g/mol. The molecule has 3 aromatic rings. The summed E-state index contributed by atoms with van der Waals surface area (Å²) in [4.78, 5) is 16.1. The minimum absolute atomic E-state index is 0.205. The number of pyridine rings is 1. The van der Waals surface area contributed by atoms with Gasteiger partial charge in [-0.2, -0.15) is 0 Å². The molecule has 0 saturated heterocycles. The first kappa shape index (κ1) is 15.8. The van der Waals surface area contributed by atoms with Gasteiger partial charge >= 0.3 is 0 Å². The summed E-state index contributed by atoms with van der Waals surface area (Å²) < 4.78 is 13.0. The lowest BCUT2D eigenvalue weighted by Gasteiger charge is -2.13. The van der Waals surface area contributed by atoms with Gasteiger partial charge in [-0.1, -0.05) is 24.3 Å². The van der Waals surface area contributed by atoms with E-state index in [1.54, 1.807) is 60.9 Å². The fourth-order valence-corrected chi connectivity index (χ4v) is 2.34. The molecule has 1 atom stereocenters. The third kappa shape index (κ3) is 3.64. The molecule has 0 spiro atoms. The van der Waals surface area contributed by atoms with E-state index in [1.165, 1.54) is 12.1 Å². The van der Waals surface area contributed by atoms with Crippen molar-refractivity contribution in [3.05, 3.63) is 95.6 Å². The van der Waals surface area contributed by atoms with Crippen LogP contribution >= 0.6 is 0 Å². The lowest BCUT2D eigenvalue weighted by atomic mass is 9.98. The molecule has 1 heterocycles. The van der Waals surface area contributed by atoms with Crippen molar-refractivity contribution in [3.63, 3.8) is 0 Å². The molecular weight excluding hydrogens is 305 g/mol. The first-order valence-electron chi connectivity index (χ1n) is 7.46. The number of carbonyl (C=O) groups excluding carboxylic acids is 1. The van der Waals surface area contributed by atoms with Crippen LogP contribution in [0.3, 0.4) is 0 Å². The maximum absolute atomic E-state index is 13.0. The summed E-state index contributed by atoms with van der Waals surface area (Å²) in [7, 11) is 0. The number of nitrogens with zero attached hydrogens (tertiary/aromatic N) is 1. The van der Waals surface area contributed by atoms with Crippen molar-refractivity contribution in [1.82, 2.24) is 4.98 Å². The number of aromatic nitrogens is 1. The van der Waals surface area contributed by atoms with E-state index in [9.17, 15) is 9.18 Å². The van der Waals surface area contributed by atoms with Gasteiger partial charge in [0.15, 0.2) is 0 Å². The van der Waals surface area contributed by atoms with Gasteiger partial charge < -0.3 is 11.1 Å². The highest BCUT2D eigenvalue weighted by atomic mass is 19.1. The number of carbonyl (C=O) groups is 1. The number of rotatable bonds is 4. The molecule has 1 unspecified atom stereocenters. The molecule has 1 amide bonds. The van der Waals surface area contributed by atoms with Crippen molar-refractivity contribution in [3.8, 4) is 0 Å². The van der Waals surface area contributed by atoms with Crippen molar-refractivity contribution >= 4 is 11.6 Å². The average Bonchev–Trinajstić information content (AvgIpc) is 2.63. The van der Waals surface area contributed by atoms with E-state index >= 15 is 0 Å². The van der Waals surface area contributed by atoms with Crippen molar-refractivity contribution in [2.24, 2.45) is 5.73 Å². The van der Waals surface area contributed by atoms with Crippen LogP contribution < -0.4 is 11.1 Å². The minimum Gasteiger partial charge on any atom is -0.322 e. The van der Waals surface area contributed by atoms with Crippen LogP contribution in [0.1, 0.15) is 27.5 Å². The quantitative estimate of drug-likeness (QED) is 0.772. The van der Waals surface area contributed by atoms with Crippen LogP contribution in [0.15, 0.2) is 73.1 Å². The number of hydrogen-bond acceptors (Lipinski definition) is 3. The van der Waals surface area contributed by atoms with E-state index in [0.717, 1.165) is 11.1 Å². The van der Waals surface area contributed by atoms with Gasteiger partial charge in [-0.05, 0) is 47.5 Å². The smallest absolute Gasteiger partial charge is 0.255 e. The molecule has 4 nitrogen and oxygen atoms in total. The van der Waals surface area contributed by atoms with Gasteiger partial charge in [0.25, 0.3) is 5.91 Å². The Morgan fingerprint density at radius 1 is 0.917 bits per heavy atom. The Bertz CT molecular complexity index is 817. The normalized spacial score (nSPS) is 11.8. The molecule has 0 bridgehead atoms. The summed E-state index contributed by atoms with van der Waals surface area (Å²) in [5.74, 6) is -0.503. The SMILES string of the molecule is NC(c1ccc(F)cc1)c1ccc(C(=O)Nc2ccncc2)cc1. The molecule has 120 valence electrons. The third-order valence-electron chi connectivity index (χ3n) is 3.70. The summed E-state index contributed by atoms with van der Waals surface area (Å²) in [6.45, 7) is 0. The Morgan fingerprint density at radius 3 is 2.04 bits per heavy atom. The van der Waals surface area contributed by atoms with E-state index in [-0.39, 0.29) is 17.8 Å². The number of anilines is 1. The number of nitrogens with one attached hydrogen (secondary N) is 1. The molecule has 0 fully saturated rings. The Morgan fingerprint density at radius 2 is 1.46 bits per heavy atom. The molecule has 1 aromatic heterocycles. The van der Waals surface area contributed by atoms with E-state index in [2.05, 4.69) is 10.3 Å². The van der Waals surface area contributed by atoms with Gasteiger partial charge in [-0.15, -0.1) is 0 Å². The zero-order valence-electron chi connectivity index (χ0n) is 12.8. The van der Waals surface area contributed by atoms with E-state index in [4.69, 9.17) is 5.73 Å².